The second kappa shape index (κ2) is 5.82. The number of fused-ring (bicyclic) bond motifs is 1. The molecule has 0 saturated heterocycles. The van der Waals surface area contributed by atoms with E-state index in [2.05, 4.69) is 28.3 Å². The summed E-state index contributed by atoms with van der Waals surface area (Å²) in [7, 11) is 0. The summed E-state index contributed by atoms with van der Waals surface area (Å²) in [6.07, 6.45) is 1.58. The van der Waals surface area contributed by atoms with Gasteiger partial charge in [0.15, 0.2) is 0 Å². The third-order valence-corrected chi connectivity index (χ3v) is 3.74. The van der Waals surface area contributed by atoms with Gasteiger partial charge in [0.05, 0.1) is 23.2 Å². The van der Waals surface area contributed by atoms with E-state index in [1.807, 2.05) is 43.3 Å². The molecule has 4 nitrogen and oxygen atoms in total. The smallest absolute Gasteiger partial charge is 0.137 e. The number of benzene rings is 2. The molecule has 0 fully saturated rings. The first-order valence-electron chi connectivity index (χ1n) is 7.16. The van der Waals surface area contributed by atoms with Crippen LogP contribution in [-0.2, 0) is 0 Å². The molecule has 0 bridgehead atoms. The first-order chi connectivity index (χ1) is 10.7. The summed E-state index contributed by atoms with van der Waals surface area (Å²) in [5, 5.41) is 13.4. The van der Waals surface area contributed by atoms with E-state index in [0.717, 1.165) is 27.8 Å². The number of anilines is 1. The van der Waals surface area contributed by atoms with Crippen LogP contribution < -0.4 is 5.32 Å². The second-order valence-electron chi connectivity index (χ2n) is 5.30. The predicted molar refractivity (Wildman–Crippen MR) is 87.5 cm³/mol. The molecule has 0 aliphatic heterocycles. The Hall–Kier alpha value is -2.93. The van der Waals surface area contributed by atoms with Crippen molar-refractivity contribution in [3.8, 4) is 6.07 Å². The molecule has 1 aromatic heterocycles. The number of nitrogens with zero attached hydrogens (tertiary/aromatic N) is 3. The highest BCUT2D eigenvalue weighted by atomic mass is 15.0. The van der Waals surface area contributed by atoms with Crippen LogP contribution in [0.2, 0.25) is 0 Å². The van der Waals surface area contributed by atoms with Gasteiger partial charge in [0.2, 0.25) is 0 Å². The van der Waals surface area contributed by atoms with Crippen LogP contribution in [0.1, 0.15) is 29.7 Å². The van der Waals surface area contributed by atoms with Gasteiger partial charge < -0.3 is 5.32 Å². The molecule has 4 heteroatoms. The summed E-state index contributed by atoms with van der Waals surface area (Å²) >= 11 is 0. The van der Waals surface area contributed by atoms with E-state index >= 15 is 0 Å². The van der Waals surface area contributed by atoms with Crippen LogP contribution in [0.4, 0.5) is 5.82 Å². The quantitative estimate of drug-likeness (QED) is 0.791. The third kappa shape index (κ3) is 2.61. The van der Waals surface area contributed by atoms with Gasteiger partial charge >= 0.3 is 0 Å². The minimum absolute atomic E-state index is 0.0481. The molecular formula is C18H16N4. The maximum absolute atomic E-state index is 9.01. The van der Waals surface area contributed by atoms with E-state index in [1.165, 1.54) is 0 Å². The molecule has 0 radical (unpaired) electrons. The molecular weight excluding hydrogens is 272 g/mol. The van der Waals surface area contributed by atoms with Crippen LogP contribution in [0.25, 0.3) is 10.9 Å². The Balaban J connectivity index is 1.96. The Bertz CT molecular complexity index is 864. The van der Waals surface area contributed by atoms with E-state index in [-0.39, 0.29) is 6.04 Å². The van der Waals surface area contributed by atoms with Crippen LogP contribution in [0.3, 0.4) is 0 Å². The summed E-state index contributed by atoms with van der Waals surface area (Å²) in [6.45, 7) is 4.10. The minimum atomic E-state index is 0.0481. The number of nitrogens with one attached hydrogen (secondary N) is 1. The Morgan fingerprint density at radius 1 is 1.14 bits per heavy atom. The molecule has 0 aliphatic rings. The zero-order valence-electron chi connectivity index (χ0n) is 12.5. The normalized spacial score (nSPS) is 11.9. The Kier molecular flexibility index (Phi) is 3.71. The van der Waals surface area contributed by atoms with Crippen molar-refractivity contribution in [1.82, 2.24) is 9.97 Å². The van der Waals surface area contributed by atoms with Crippen molar-refractivity contribution in [2.24, 2.45) is 0 Å². The van der Waals surface area contributed by atoms with Gasteiger partial charge in [0.1, 0.15) is 12.1 Å². The number of rotatable bonds is 3. The Labute approximate surface area is 129 Å². The van der Waals surface area contributed by atoms with E-state index in [1.54, 1.807) is 12.4 Å². The lowest BCUT2D eigenvalue weighted by Gasteiger charge is -2.16. The molecule has 3 rings (SSSR count). The number of aryl methyl sites for hydroxylation is 1. The van der Waals surface area contributed by atoms with Crippen LogP contribution in [0.5, 0.6) is 0 Å². The van der Waals surface area contributed by atoms with Crippen LogP contribution in [0.15, 0.2) is 48.8 Å². The van der Waals surface area contributed by atoms with Gasteiger partial charge in [-0.2, -0.15) is 5.26 Å². The average molecular weight is 288 g/mol. The van der Waals surface area contributed by atoms with E-state index in [4.69, 9.17) is 5.26 Å². The molecule has 22 heavy (non-hydrogen) atoms. The van der Waals surface area contributed by atoms with Gasteiger partial charge in [0.25, 0.3) is 0 Å². The molecule has 3 aromatic rings. The first kappa shape index (κ1) is 14.0. The number of hydrogen-bond donors (Lipinski definition) is 1. The van der Waals surface area contributed by atoms with E-state index in [0.29, 0.717) is 5.56 Å². The second-order valence-corrected chi connectivity index (χ2v) is 5.30. The number of para-hydroxylation sites is 1. The molecule has 0 aliphatic carbocycles. The van der Waals surface area contributed by atoms with Crippen LogP contribution in [-0.4, -0.2) is 9.97 Å². The van der Waals surface area contributed by atoms with Crippen molar-refractivity contribution in [2.75, 3.05) is 5.32 Å². The van der Waals surface area contributed by atoms with Crippen molar-refractivity contribution in [1.29, 1.82) is 5.26 Å². The zero-order valence-corrected chi connectivity index (χ0v) is 12.5. The molecule has 0 unspecified atom stereocenters. The number of aromatic nitrogens is 2. The first-order valence-corrected chi connectivity index (χ1v) is 7.16. The fourth-order valence-corrected chi connectivity index (χ4v) is 2.52. The summed E-state index contributed by atoms with van der Waals surface area (Å²) in [5.74, 6) is 0.809. The van der Waals surface area contributed by atoms with Gasteiger partial charge in [-0.25, -0.2) is 9.97 Å². The van der Waals surface area contributed by atoms with E-state index in [9.17, 15) is 0 Å². The van der Waals surface area contributed by atoms with Gasteiger partial charge in [-0.3, -0.25) is 0 Å². The summed E-state index contributed by atoms with van der Waals surface area (Å²) in [4.78, 5) is 8.72. The van der Waals surface area contributed by atoms with Gasteiger partial charge in [0, 0.05) is 5.39 Å². The highest BCUT2D eigenvalue weighted by Gasteiger charge is 2.10. The minimum Gasteiger partial charge on any atom is -0.363 e. The molecule has 2 aromatic carbocycles. The zero-order chi connectivity index (χ0) is 15.5. The van der Waals surface area contributed by atoms with Crippen LogP contribution in [0, 0.1) is 18.3 Å². The maximum Gasteiger partial charge on any atom is 0.137 e. The topological polar surface area (TPSA) is 61.6 Å². The average Bonchev–Trinajstić information content (AvgIpc) is 2.56. The molecule has 1 N–H and O–H groups in total. The van der Waals surface area contributed by atoms with Gasteiger partial charge in [-0.1, -0.05) is 24.3 Å². The van der Waals surface area contributed by atoms with Crippen molar-refractivity contribution >= 4 is 16.7 Å². The molecule has 0 amide bonds. The van der Waals surface area contributed by atoms with Crippen molar-refractivity contribution in [3.05, 3.63) is 65.5 Å². The summed E-state index contributed by atoms with van der Waals surface area (Å²) < 4.78 is 0. The SMILES string of the molecule is Cc1cccc2c(N[C@@H](C)c3cccc(C#N)c3)ncnc12. The molecule has 1 atom stereocenters. The van der Waals surface area contributed by atoms with Crippen LogP contribution >= 0.6 is 0 Å². The number of nitriles is 1. The maximum atomic E-state index is 9.01. The molecule has 0 spiro atoms. The van der Waals surface area contributed by atoms with Crippen molar-refractivity contribution < 1.29 is 0 Å². The Morgan fingerprint density at radius 2 is 1.95 bits per heavy atom. The summed E-state index contributed by atoms with van der Waals surface area (Å²) in [5.41, 5.74) is 3.80. The summed E-state index contributed by atoms with van der Waals surface area (Å²) in [6, 6.07) is 15.9. The van der Waals surface area contributed by atoms with E-state index < -0.39 is 0 Å². The fourth-order valence-electron chi connectivity index (χ4n) is 2.52. The monoisotopic (exact) mass is 288 g/mol. The lowest BCUT2D eigenvalue weighted by atomic mass is 10.1. The Morgan fingerprint density at radius 3 is 2.77 bits per heavy atom. The number of hydrogen-bond acceptors (Lipinski definition) is 4. The standard InChI is InChI=1S/C18H16N4/c1-12-5-3-8-16-17(12)20-11-21-18(16)22-13(2)15-7-4-6-14(9-15)10-19/h3-9,11,13H,1-2H3,(H,20,21,22)/t13-/m0/s1. The van der Waals surface area contributed by atoms with Gasteiger partial charge in [-0.05, 0) is 43.2 Å². The third-order valence-electron chi connectivity index (χ3n) is 3.74. The lowest BCUT2D eigenvalue weighted by molar-refractivity contribution is 0.875. The molecule has 108 valence electrons. The molecule has 0 saturated carbocycles. The highest BCUT2D eigenvalue weighted by molar-refractivity contribution is 5.90. The molecule has 1 heterocycles. The highest BCUT2D eigenvalue weighted by Crippen LogP contribution is 2.25. The fraction of sp³-hybridized carbons (Fsp3) is 0.167. The predicted octanol–water partition coefficient (Wildman–Crippen LogP) is 3.98. The van der Waals surface area contributed by atoms with Crippen molar-refractivity contribution in [2.45, 2.75) is 19.9 Å². The van der Waals surface area contributed by atoms with Gasteiger partial charge in [-0.15, -0.1) is 0 Å². The van der Waals surface area contributed by atoms with Crippen molar-refractivity contribution in [3.63, 3.8) is 0 Å². The largest absolute Gasteiger partial charge is 0.363 e. The lowest BCUT2D eigenvalue weighted by Crippen LogP contribution is -2.09.